The summed E-state index contributed by atoms with van der Waals surface area (Å²) in [6, 6.07) is 15.3. The fourth-order valence-corrected chi connectivity index (χ4v) is 3.68. The van der Waals surface area contributed by atoms with Gasteiger partial charge in [0.1, 0.15) is 11.8 Å². The van der Waals surface area contributed by atoms with Crippen LogP contribution in [0, 0.1) is 6.92 Å². The van der Waals surface area contributed by atoms with Gasteiger partial charge in [-0.05, 0) is 49.8 Å². The Labute approximate surface area is 193 Å². The third-order valence-corrected chi connectivity index (χ3v) is 5.71. The number of ether oxygens (including phenoxy) is 1. The average Bonchev–Trinajstić information content (AvgIpc) is 2.77. The highest BCUT2D eigenvalue weighted by molar-refractivity contribution is 5.88. The number of nitrogens with zero attached hydrogens (tertiary/aromatic N) is 1. The second-order valence-electron chi connectivity index (χ2n) is 8.73. The van der Waals surface area contributed by atoms with Gasteiger partial charge in [0, 0.05) is 12.6 Å². The number of aryl methyl sites for hydroxylation is 1. The van der Waals surface area contributed by atoms with Gasteiger partial charge in [0.05, 0.1) is 0 Å². The Morgan fingerprint density at radius 2 is 1.72 bits per heavy atom. The number of hydrogen-bond donors (Lipinski definition) is 1. The van der Waals surface area contributed by atoms with Crippen LogP contribution in [0.5, 0.6) is 5.75 Å². The van der Waals surface area contributed by atoms with Crippen molar-refractivity contribution in [2.24, 2.45) is 0 Å². The number of rotatable bonds is 11. The van der Waals surface area contributed by atoms with Gasteiger partial charge in [-0.15, -0.1) is 0 Å². The van der Waals surface area contributed by atoms with Gasteiger partial charge in [0.2, 0.25) is 5.91 Å². The molecule has 0 saturated heterocycles. The van der Waals surface area contributed by atoms with Crippen LogP contribution in [-0.4, -0.2) is 35.4 Å². The molecular formula is C27H38N2O3. The van der Waals surface area contributed by atoms with Crippen molar-refractivity contribution in [2.75, 3.05) is 6.61 Å². The molecule has 0 aliphatic heterocycles. The van der Waals surface area contributed by atoms with Crippen molar-refractivity contribution < 1.29 is 14.3 Å². The number of amides is 2. The Bertz CT molecular complexity index is 894. The van der Waals surface area contributed by atoms with Gasteiger partial charge in [-0.25, -0.2) is 0 Å². The molecule has 174 valence electrons. The van der Waals surface area contributed by atoms with E-state index in [2.05, 4.69) is 25.2 Å². The quantitative estimate of drug-likeness (QED) is 0.523. The van der Waals surface area contributed by atoms with Crippen LogP contribution < -0.4 is 10.1 Å². The monoisotopic (exact) mass is 438 g/mol. The second kappa shape index (κ2) is 12.3. The summed E-state index contributed by atoms with van der Waals surface area (Å²) in [6.07, 6.45) is 1.37. The smallest absolute Gasteiger partial charge is 0.261 e. The first-order chi connectivity index (χ1) is 15.3. The minimum Gasteiger partial charge on any atom is -0.483 e. The summed E-state index contributed by atoms with van der Waals surface area (Å²) in [6.45, 7) is 12.4. The fraction of sp³-hybridized carbons (Fsp3) is 0.481. The topological polar surface area (TPSA) is 58.6 Å². The minimum absolute atomic E-state index is 0.0571. The second-order valence-corrected chi connectivity index (χ2v) is 8.73. The molecule has 0 bridgehead atoms. The first-order valence-corrected chi connectivity index (χ1v) is 11.6. The van der Waals surface area contributed by atoms with Crippen molar-refractivity contribution in [3.05, 3.63) is 65.2 Å². The van der Waals surface area contributed by atoms with E-state index in [0.717, 1.165) is 23.1 Å². The first-order valence-electron chi connectivity index (χ1n) is 11.6. The molecule has 0 aromatic heterocycles. The molecule has 0 saturated carbocycles. The Kier molecular flexibility index (Phi) is 9.76. The van der Waals surface area contributed by atoms with E-state index in [1.54, 1.807) is 4.90 Å². The Balaban J connectivity index is 2.26. The SMILES string of the molecule is CC[C@@H](C)NC(=O)[C@H](CC)N(Cc1cccc(C)c1)C(=O)COc1ccccc1C(C)C. The summed E-state index contributed by atoms with van der Waals surface area (Å²) in [5.41, 5.74) is 3.18. The molecule has 1 N–H and O–H groups in total. The molecule has 2 amide bonds. The molecule has 0 unspecified atom stereocenters. The summed E-state index contributed by atoms with van der Waals surface area (Å²) < 4.78 is 5.96. The number of nitrogens with one attached hydrogen (secondary N) is 1. The summed E-state index contributed by atoms with van der Waals surface area (Å²) >= 11 is 0. The van der Waals surface area contributed by atoms with E-state index in [-0.39, 0.29) is 30.4 Å². The lowest BCUT2D eigenvalue weighted by Crippen LogP contribution is -2.51. The van der Waals surface area contributed by atoms with Crippen molar-refractivity contribution >= 4 is 11.8 Å². The molecule has 0 heterocycles. The molecule has 0 radical (unpaired) electrons. The third-order valence-electron chi connectivity index (χ3n) is 5.71. The van der Waals surface area contributed by atoms with Gasteiger partial charge in [0.15, 0.2) is 6.61 Å². The van der Waals surface area contributed by atoms with Gasteiger partial charge in [0.25, 0.3) is 5.91 Å². The zero-order chi connectivity index (χ0) is 23.7. The van der Waals surface area contributed by atoms with E-state index in [1.807, 2.05) is 70.2 Å². The average molecular weight is 439 g/mol. The van der Waals surface area contributed by atoms with Crippen molar-refractivity contribution in [1.29, 1.82) is 0 Å². The van der Waals surface area contributed by atoms with Crippen LogP contribution in [-0.2, 0) is 16.1 Å². The van der Waals surface area contributed by atoms with Crippen molar-refractivity contribution in [1.82, 2.24) is 10.2 Å². The highest BCUT2D eigenvalue weighted by Crippen LogP contribution is 2.26. The maximum Gasteiger partial charge on any atom is 0.261 e. The van der Waals surface area contributed by atoms with Crippen LogP contribution >= 0.6 is 0 Å². The molecule has 2 aromatic rings. The van der Waals surface area contributed by atoms with E-state index in [4.69, 9.17) is 4.74 Å². The van der Waals surface area contributed by atoms with Crippen LogP contribution in [0.3, 0.4) is 0 Å². The van der Waals surface area contributed by atoms with E-state index >= 15 is 0 Å². The van der Waals surface area contributed by atoms with E-state index < -0.39 is 6.04 Å². The van der Waals surface area contributed by atoms with Gasteiger partial charge >= 0.3 is 0 Å². The van der Waals surface area contributed by atoms with Crippen molar-refractivity contribution in [3.8, 4) is 5.75 Å². The zero-order valence-corrected chi connectivity index (χ0v) is 20.4. The van der Waals surface area contributed by atoms with E-state index in [9.17, 15) is 9.59 Å². The van der Waals surface area contributed by atoms with E-state index in [1.165, 1.54) is 0 Å². The fourth-order valence-electron chi connectivity index (χ4n) is 3.68. The predicted molar refractivity (Wildman–Crippen MR) is 130 cm³/mol. The summed E-state index contributed by atoms with van der Waals surface area (Å²) in [7, 11) is 0. The number of carbonyl (C=O) groups excluding carboxylic acids is 2. The van der Waals surface area contributed by atoms with Gasteiger partial charge < -0.3 is 15.0 Å². The molecular weight excluding hydrogens is 400 g/mol. The third kappa shape index (κ3) is 7.11. The summed E-state index contributed by atoms with van der Waals surface area (Å²) in [4.78, 5) is 28.0. The summed E-state index contributed by atoms with van der Waals surface area (Å²) in [5.74, 6) is 0.680. The highest BCUT2D eigenvalue weighted by Gasteiger charge is 2.29. The molecule has 5 nitrogen and oxygen atoms in total. The molecule has 0 aliphatic rings. The Morgan fingerprint density at radius 3 is 2.34 bits per heavy atom. The van der Waals surface area contributed by atoms with E-state index in [0.29, 0.717) is 18.7 Å². The lowest BCUT2D eigenvalue weighted by atomic mass is 10.0. The molecule has 0 spiro atoms. The van der Waals surface area contributed by atoms with Gasteiger partial charge in [-0.1, -0.05) is 75.7 Å². The molecule has 0 fully saturated rings. The standard InChI is InChI=1S/C27H38N2O3/c1-7-21(6)28-27(31)24(8-2)29(17-22-13-11-12-20(5)16-22)26(30)18-32-25-15-10-9-14-23(25)19(3)4/h9-16,19,21,24H,7-8,17-18H2,1-6H3,(H,28,31)/t21-,24+/m1/s1. The highest BCUT2D eigenvalue weighted by atomic mass is 16.5. The van der Waals surface area contributed by atoms with Crippen LogP contribution in [0.25, 0.3) is 0 Å². The molecule has 2 aromatic carbocycles. The number of benzene rings is 2. The lowest BCUT2D eigenvalue weighted by Gasteiger charge is -2.31. The molecule has 0 aliphatic carbocycles. The Hall–Kier alpha value is -2.82. The van der Waals surface area contributed by atoms with Crippen LogP contribution in [0.2, 0.25) is 0 Å². The minimum atomic E-state index is -0.555. The molecule has 2 atom stereocenters. The first kappa shape index (κ1) is 25.4. The molecule has 5 heteroatoms. The van der Waals surface area contributed by atoms with Gasteiger partial charge in [-0.3, -0.25) is 9.59 Å². The predicted octanol–water partition coefficient (Wildman–Crippen LogP) is 5.22. The number of carbonyl (C=O) groups is 2. The molecule has 2 rings (SSSR count). The van der Waals surface area contributed by atoms with Gasteiger partial charge in [-0.2, -0.15) is 0 Å². The summed E-state index contributed by atoms with van der Waals surface area (Å²) in [5, 5.41) is 3.04. The maximum atomic E-state index is 13.4. The number of para-hydroxylation sites is 1. The normalized spacial score (nSPS) is 12.8. The van der Waals surface area contributed by atoms with Crippen LogP contribution in [0.4, 0.5) is 0 Å². The van der Waals surface area contributed by atoms with Crippen molar-refractivity contribution in [3.63, 3.8) is 0 Å². The number of hydrogen-bond acceptors (Lipinski definition) is 3. The maximum absolute atomic E-state index is 13.4. The Morgan fingerprint density at radius 1 is 1.00 bits per heavy atom. The molecule has 32 heavy (non-hydrogen) atoms. The van der Waals surface area contributed by atoms with Crippen LogP contribution in [0.15, 0.2) is 48.5 Å². The largest absolute Gasteiger partial charge is 0.483 e. The van der Waals surface area contributed by atoms with Crippen LogP contribution in [0.1, 0.15) is 70.1 Å². The van der Waals surface area contributed by atoms with Crippen molar-refractivity contribution in [2.45, 2.75) is 78.9 Å². The lowest BCUT2D eigenvalue weighted by molar-refractivity contribution is -0.143. The zero-order valence-electron chi connectivity index (χ0n) is 20.4.